The van der Waals surface area contributed by atoms with Crippen LogP contribution in [0.3, 0.4) is 0 Å². The van der Waals surface area contributed by atoms with Crippen LogP contribution in [0.4, 0.5) is 5.82 Å². The molecule has 0 amide bonds. The van der Waals surface area contributed by atoms with Gasteiger partial charge in [0.25, 0.3) is 0 Å². The minimum absolute atomic E-state index is 0.633. The van der Waals surface area contributed by atoms with Crippen LogP contribution in [0.2, 0.25) is 0 Å². The second kappa shape index (κ2) is 3.45. The molecule has 0 bridgehead atoms. The van der Waals surface area contributed by atoms with E-state index in [0.717, 1.165) is 31.3 Å². The summed E-state index contributed by atoms with van der Waals surface area (Å²) in [5, 5.41) is 6.67. The Morgan fingerprint density at radius 1 is 1.33 bits per heavy atom. The predicted octanol–water partition coefficient (Wildman–Crippen LogP) is 1.39. The van der Waals surface area contributed by atoms with E-state index < -0.39 is 0 Å². The minimum Gasteiger partial charge on any atom is -0.370 e. The SMILES string of the molecule is CCNc1nc(C2CC2)nc2c1CNC2. The summed E-state index contributed by atoms with van der Waals surface area (Å²) in [6.45, 7) is 4.83. The van der Waals surface area contributed by atoms with Crippen molar-refractivity contribution in [2.24, 2.45) is 0 Å². The van der Waals surface area contributed by atoms with Gasteiger partial charge in [0.2, 0.25) is 0 Å². The predicted molar refractivity (Wildman–Crippen MR) is 58.7 cm³/mol. The maximum atomic E-state index is 4.64. The van der Waals surface area contributed by atoms with E-state index in [-0.39, 0.29) is 0 Å². The number of hydrogen-bond acceptors (Lipinski definition) is 4. The second-order valence-corrected chi connectivity index (χ2v) is 4.26. The Morgan fingerprint density at radius 2 is 2.20 bits per heavy atom. The van der Waals surface area contributed by atoms with Crippen molar-refractivity contribution in [1.29, 1.82) is 0 Å². The van der Waals surface area contributed by atoms with E-state index in [1.165, 1.54) is 24.1 Å². The van der Waals surface area contributed by atoms with Gasteiger partial charge in [0, 0.05) is 31.1 Å². The second-order valence-electron chi connectivity index (χ2n) is 4.26. The van der Waals surface area contributed by atoms with Crippen LogP contribution in [0.15, 0.2) is 0 Å². The summed E-state index contributed by atoms with van der Waals surface area (Å²) < 4.78 is 0. The highest BCUT2D eigenvalue weighted by Gasteiger charge is 2.29. The van der Waals surface area contributed by atoms with Crippen molar-refractivity contribution in [1.82, 2.24) is 15.3 Å². The highest BCUT2D eigenvalue weighted by atomic mass is 15.1. The van der Waals surface area contributed by atoms with Crippen LogP contribution >= 0.6 is 0 Å². The third-order valence-corrected chi connectivity index (χ3v) is 2.99. The molecule has 1 aromatic heterocycles. The van der Waals surface area contributed by atoms with Gasteiger partial charge in [-0.2, -0.15) is 0 Å². The average molecular weight is 204 g/mol. The molecular formula is C11H16N4. The quantitative estimate of drug-likeness (QED) is 0.781. The lowest BCUT2D eigenvalue weighted by atomic mass is 10.2. The smallest absolute Gasteiger partial charge is 0.134 e. The molecule has 80 valence electrons. The Morgan fingerprint density at radius 3 is 2.93 bits per heavy atom. The number of rotatable bonds is 3. The maximum absolute atomic E-state index is 4.64. The molecule has 0 unspecified atom stereocenters. The summed E-state index contributed by atoms with van der Waals surface area (Å²) in [6.07, 6.45) is 2.52. The molecule has 3 rings (SSSR count). The van der Waals surface area contributed by atoms with Crippen molar-refractivity contribution in [2.75, 3.05) is 11.9 Å². The van der Waals surface area contributed by atoms with Crippen LogP contribution in [0.1, 0.15) is 42.8 Å². The first-order chi connectivity index (χ1) is 7.38. The lowest BCUT2D eigenvalue weighted by molar-refractivity contribution is 0.755. The van der Waals surface area contributed by atoms with Gasteiger partial charge >= 0.3 is 0 Å². The fourth-order valence-corrected chi connectivity index (χ4v) is 2.03. The monoisotopic (exact) mass is 204 g/mol. The summed E-state index contributed by atoms with van der Waals surface area (Å²) >= 11 is 0. The number of aromatic nitrogens is 2. The average Bonchev–Trinajstić information content (AvgIpc) is 2.98. The molecule has 2 aliphatic rings. The Kier molecular flexibility index (Phi) is 2.09. The Labute approximate surface area is 89.5 Å². The molecule has 1 aliphatic carbocycles. The molecule has 0 radical (unpaired) electrons. The molecule has 1 aromatic rings. The van der Waals surface area contributed by atoms with Crippen molar-refractivity contribution < 1.29 is 0 Å². The summed E-state index contributed by atoms with van der Waals surface area (Å²) in [5.41, 5.74) is 2.46. The van der Waals surface area contributed by atoms with Crippen LogP contribution in [0.5, 0.6) is 0 Å². The zero-order chi connectivity index (χ0) is 10.3. The number of hydrogen-bond donors (Lipinski definition) is 2. The van der Waals surface area contributed by atoms with E-state index in [4.69, 9.17) is 0 Å². The summed E-state index contributed by atoms with van der Waals surface area (Å²) in [7, 11) is 0. The van der Waals surface area contributed by atoms with Gasteiger partial charge in [0.1, 0.15) is 11.6 Å². The Bertz CT molecular complexity index is 384. The van der Waals surface area contributed by atoms with Gasteiger partial charge in [-0.05, 0) is 19.8 Å². The molecule has 0 aromatic carbocycles. The largest absolute Gasteiger partial charge is 0.370 e. The summed E-state index contributed by atoms with van der Waals surface area (Å²) in [5.74, 6) is 2.73. The van der Waals surface area contributed by atoms with Crippen LogP contribution in [0, 0.1) is 0 Å². The van der Waals surface area contributed by atoms with E-state index in [0.29, 0.717) is 5.92 Å². The van der Waals surface area contributed by atoms with Crippen LogP contribution < -0.4 is 10.6 Å². The third kappa shape index (κ3) is 1.59. The van der Waals surface area contributed by atoms with Crippen LogP contribution in [0.25, 0.3) is 0 Å². The first-order valence-electron chi connectivity index (χ1n) is 5.72. The molecule has 1 aliphatic heterocycles. The number of fused-ring (bicyclic) bond motifs is 1. The maximum Gasteiger partial charge on any atom is 0.134 e. The van der Waals surface area contributed by atoms with Gasteiger partial charge in [0.15, 0.2) is 0 Å². The van der Waals surface area contributed by atoms with Crippen molar-refractivity contribution in [3.63, 3.8) is 0 Å². The lowest BCUT2D eigenvalue weighted by Crippen LogP contribution is -2.08. The number of nitrogens with one attached hydrogen (secondary N) is 2. The molecule has 0 saturated heterocycles. The van der Waals surface area contributed by atoms with E-state index in [2.05, 4.69) is 27.5 Å². The fourth-order valence-electron chi connectivity index (χ4n) is 2.03. The number of nitrogens with zero attached hydrogens (tertiary/aromatic N) is 2. The molecule has 4 heteroatoms. The van der Waals surface area contributed by atoms with Gasteiger partial charge < -0.3 is 10.6 Å². The standard InChI is InChI=1S/C11H16N4/c1-2-13-11-8-5-12-6-9(8)14-10(15-11)7-3-4-7/h7,12H,2-6H2,1H3,(H,13,14,15). The van der Waals surface area contributed by atoms with Crippen molar-refractivity contribution in [3.8, 4) is 0 Å². The summed E-state index contributed by atoms with van der Waals surface area (Å²) in [4.78, 5) is 9.28. The molecule has 4 nitrogen and oxygen atoms in total. The molecule has 2 heterocycles. The Hall–Kier alpha value is -1.16. The van der Waals surface area contributed by atoms with Crippen molar-refractivity contribution in [2.45, 2.75) is 38.8 Å². The normalized spacial score (nSPS) is 19.0. The van der Waals surface area contributed by atoms with E-state index >= 15 is 0 Å². The third-order valence-electron chi connectivity index (χ3n) is 2.99. The molecule has 0 spiro atoms. The van der Waals surface area contributed by atoms with Crippen molar-refractivity contribution >= 4 is 5.82 Å². The first kappa shape index (κ1) is 9.09. The van der Waals surface area contributed by atoms with E-state index in [1.807, 2.05) is 0 Å². The molecule has 15 heavy (non-hydrogen) atoms. The lowest BCUT2D eigenvalue weighted by Gasteiger charge is -2.09. The van der Waals surface area contributed by atoms with Crippen molar-refractivity contribution in [3.05, 3.63) is 17.1 Å². The van der Waals surface area contributed by atoms with Gasteiger partial charge in [0.05, 0.1) is 5.69 Å². The molecule has 2 N–H and O–H groups in total. The first-order valence-corrected chi connectivity index (χ1v) is 5.72. The zero-order valence-electron chi connectivity index (χ0n) is 9.01. The molecular weight excluding hydrogens is 188 g/mol. The van der Waals surface area contributed by atoms with E-state index in [9.17, 15) is 0 Å². The molecule has 1 fully saturated rings. The highest BCUT2D eigenvalue weighted by Crippen LogP contribution is 2.39. The van der Waals surface area contributed by atoms with Gasteiger partial charge in [-0.25, -0.2) is 9.97 Å². The Balaban J connectivity index is 2.02. The van der Waals surface area contributed by atoms with Crippen LogP contribution in [-0.4, -0.2) is 16.5 Å². The van der Waals surface area contributed by atoms with E-state index in [1.54, 1.807) is 0 Å². The summed E-state index contributed by atoms with van der Waals surface area (Å²) in [6, 6.07) is 0. The number of anilines is 1. The van der Waals surface area contributed by atoms with Gasteiger partial charge in [-0.15, -0.1) is 0 Å². The molecule has 0 atom stereocenters. The highest BCUT2D eigenvalue weighted by molar-refractivity contribution is 5.48. The van der Waals surface area contributed by atoms with Gasteiger partial charge in [-0.1, -0.05) is 0 Å². The fraction of sp³-hybridized carbons (Fsp3) is 0.636. The molecule has 1 saturated carbocycles. The van der Waals surface area contributed by atoms with Gasteiger partial charge in [-0.3, -0.25) is 0 Å². The minimum atomic E-state index is 0.633. The zero-order valence-corrected chi connectivity index (χ0v) is 9.01. The van der Waals surface area contributed by atoms with Crippen LogP contribution in [-0.2, 0) is 13.1 Å². The topological polar surface area (TPSA) is 49.8 Å².